The molecule has 2 aromatic rings. The topological polar surface area (TPSA) is 55.8 Å². The van der Waals surface area contributed by atoms with E-state index in [1.807, 2.05) is 25.1 Å². The standard InChI is InChI=1S/C16H15ClO4/c1-10-6-7-11(13(17)8-10)9-21-14-5-3-4-12(15(14)18)16(19)20-2/h3-8,18H,9H2,1-2H3. The maximum absolute atomic E-state index is 11.5. The minimum absolute atomic E-state index is 0.0602. The number of phenolic OH excluding ortho intramolecular Hbond substituents is 1. The Morgan fingerprint density at radius 2 is 2.05 bits per heavy atom. The molecule has 1 N–H and O–H groups in total. The van der Waals surface area contributed by atoms with Crippen molar-refractivity contribution < 1.29 is 19.4 Å². The van der Waals surface area contributed by atoms with Crippen molar-refractivity contribution in [2.75, 3.05) is 7.11 Å². The summed E-state index contributed by atoms with van der Waals surface area (Å²) in [6.07, 6.45) is 0. The number of carbonyl (C=O) groups is 1. The SMILES string of the molecule is COC(=O)c1cccc(OCc2ccc(C)cc2Cl)c1O. The van der Waals surface area contributed by atoms with E-state index >= 15 is 0 Å². The average Bonchev–Trinajstić information content (AvgIpc) is 2.47. The van der Waals surface area contributed by atoms with Crippen LogP contribution in [0.3, 0.4) is 0 Å². The fourth-order valence-corrected chi connectivity index (χ4v) is 2.13. The Kier molecular flexibility index (Phi) is 4.70. The quantitative estimate of drug-likeness (QED) is 0.875. The van der Waals surface area contributed by atoms with Gasteiger partial charge in [0, 0.05) is 10.6 Å². The van der Waals surface area contributed by atoms with Crippen molar-refractivity contribution in [3.8, 4) is 11.5 Å². The number of phenols is 1. The van der Waals surface area contributed by atoms with Crippen LogP contribution >= 0.6 is 11.6 Å². The van der Waals surface area contributed by atoms with E-state index in [9.17, 15) is 9.90 Å². The zero-order chi connectivity index (χ0) is 15.4. The van der Waals surface area contributed by atoms with Crippen LogP contribution in [0.5, 0.6) is 11.5 Å². The van der Waals surface area contributed by atoms with Gasteiger partial charge in [-0.25, -0.2) is 4.79 Å². The first-order valence-corrected chi connectivity index (χ1v) is 6.69. The maximum atomic E-state index is 11.5. The smallest absolute Gasteiger partial charge is 0.341 e. The number of aryl methyl sites for hydroxylation is 1. The Labute approximate surface area is 127 Å². The first-order chi connectivity index (χ1) is 10.0. The zero-order valence-electron chi connectivity index (χ0n) is 11.7. The molecule has 0 unspecified atom stereocenters. The molecule has 0 atom stereocenters. The summed E-state index contributed by atoms with van der Waals surface area (Å²) in [6.45, 7) is 2.14. The van der Waals surface area contributed by atoms with E-state index < -0.39 is 5.97 Å². The van der Waals surface area contributed by atoms with Crippen LogP contribution in [-0.2, 0) is 11.3 Å². The highest BCUT2D eigenvalue weighted by Gasteiger charge is 2.15. The molecule has 21 heavy (non-hydrogen) atoms. The number of esters is 1. The normalized spacial score (nSPS) is 10.2. The Bertz CT molecular complexity index is 667. The number of ether oxygens (including phenoxy) is 2. The maximum Gasteiger partial charge on any atom is 0.341 e. The molecule has 110 valence electrons. The molecular weight excluding hydrogens is 292 g/mol. The van der Waals surface area contributed by atoms with Gasteiger partial charge in [0.15, 0.2) is 11.5 Å². The summed E-state index contributed by atoms with van der Waals surface area (Å²) in [7, 11) is 1.25. The van der Waals surface area contributed by atoms with E-state index in [0.717, 1.165) is 11.1 Å². The van der Waals surface area contributed by atoms with Crippen LogP contribution in [0.1, 0.15) is 21.5 Å². The summed E-state index contributed by atoms with van der Waals surface area (Å²) < 4.78 is 10.1. The highest BCUT2D eigenvalue weighted by Crippen LogP contribution is 2.31. The minimum Gasteiger partial charge on any atom is -0.504 e. The third kappa shape index (κ3) is 3.47. The largest absolute Gasteiger partial charge is 0.504 e. The number of carbonyl (C=O) groups excluding carboxylic acids is 1. The molecule has 0 bridgehead atoms. The Morgan fingerprint density at radius 3 is 2.71 bits per heavy atom. The molecule has 2 aromatic carbocycles. The lowest BCUT2D eigenvalue weighted by Crippen LogP contribution is -2.03. The van der Waals surface area contributed by atoms with E-state index in [0.29, 0.717) is 5.02 Å². The Hall–Kier alpha value is -2.20. The third-order valence-electron chi connectivity index (χ3n) is 3.00. The van der Waals surface area contributed by atoms with E-state index in [1.165, 1.54) is 13.2 Å². The number of hydrogen-bond acceptors (Lipinski definition) is 4. The molecule has 0 amide bonds. The molecule has 0 fully saturated rings. The second-order valence-corrected chi connectivity index (χ2v) is 4.93. The van der Waals surface area contributed by atoms with Crippen molar-refractivity contribution in [2.45, 2.75) is 13.5 Å². The summed E-state index contributed by atoms with van der Waals surface area (Å²) >= 11 is 6.12. The van der Waals surface area contributed by atoms with Crippen molar-refractivity contribution in [1.82, 2.24) is 0 Å². The van der Waals surface area contributed by atoms with Crippen LogP contribution in [0.2, 0.25) is 5.02 Å². The second-order valence-electron chi connectivity index (χ2n) is 4.53. The van der Waals surface area contributed by atoms with E-state index in [4.69, 9.17) is 16.3 Å². The monoisotopic (exact) mass is 306 g/mol. The Balaban J connectivity index is 2.18. The lowest BCUT2D eigenvalue weighted by atomic mass is 10.1. The van der Waals surface area contributed by atoms with Gasteiger partial charge in [-0.2, -0.15) is 0 Å². The molecule has 0 saturated heterocycles. The summed E-state index contributed by atoms with van der Waals surface area (Å²) in [4.78, 5) is 11.5. The second kappa shape index (κ2) is 6.50. The number of hydrogen-bond donors (Lipinski definition) is 1. The molecule has 5 heteroatoms. The van der Waals surface area contributed by atoms with E-state index in [2.05, 4.69) is 4.74 Å². The summed E-state index contributed by atoms with van der Waals surface area (Å²) in [5, 5.41) is 10.6. The summed E-state index contributed by atoms with van der Waals surface area (Å²) in [5.74, 6) is -0.659. The average molecular weight is 307 g/mol. The molecule has 0 spiro atoms. The molecule has 0 heterocycles. The predicted octanol–water partition coefficient (Wildman–Crippen LogP) is 3.72. The zero-order valence-corrected chi connectivity index (χ0v) is 12.5. The van der Waals surface area contributed by atoms with Crippen LogP contribution in [-0.4, -0.2) is 18.2 Å². The van der Waals surface area contributed by atoms with Crippen molar-refractivity contribution >= 4 is 17.6 Å². The van der Waals surface area contributed by atoms with Crippen molar-refractivity contribution in [1.29, 1.82) is 0 Å². The van der Waals surface area contributed by atoms with Crippen molar-refractivity contribution in [3.63, 3.8) is 0 Å². The van der Waals surface area contributed by atoms with Gasteiger partial charge in [0.1, 0.15) is 12.2 Å². The van der Waals surface area contributed by atoms with E-state index in [1.54, 1.807) is 12.1 Å². The van der Waals surface area contributed by atoms with E-state index in [-0.39, 0.29) is 23.7 Å². The number of methoxy groups -OCH3 is 1. The van der Waals surface area contributed by atoms with Crippen LogP contribution in [0, 0.1) is 6.92 Å². The van der Waals surface area contributed by atoms with Gasteiger partial charge in [0.25, 0.3) is 0 Å². The molecule has 0 aliphatic carbocycles. The van der Waals surface area contributed by atoms with Crippen LogP contribution < -0.4 is 4.74 Å². The van der Waals surface area contributed by atoms with Gasteiger partial charge in [-0.3, -0.25) is 0 Å². The first kappa shape index (κ1) is 15.2. The molecule has 2 rings (SSSR count). The van der Waals surface area contributed by atoms with Gasteiger partial charge in [-0.15, -0.1) is 0 Å². The number of benzene rings is 2. The van der Waals surface area contributed by atoms with Gasteiger partial charge in [0.05, 0.1) is 7.11 Å². The van der Waals surface area contributed by atoms with Gasteiger partial charge in [-0.1, -0.05) is 29.8 Å². The summed E-state index contributed by atoms with van der Waals surface area (Å²) in [5.41, 5.74) is 1.91. The lowest BCUT2D eigenvalue weighted by Gasteiger charge is -2.11. The number of aromatic hydroxyl groups is 1. The van der Waals surface area contributed by atoms with Gasteiger partial charge in [-0.05, 0) is 30.7 Å². The van der Waals surface area contributed by atoms with Crippen molar-refractivity contribution in [3.05, 3.63) is 58.1 Å². The molecule has 4 nitrogen and oxygen atoms in total. The lowest BCUT2D eigenvalue weighted by molar-refractivity contribution is 0.0596. The molecular formula is C16H15ClO4. The number of rotatable bonds is 4. The molecule has 0 aliphatic rings. The molecule has 0 radical (unpaired) electrons. The first-order valence-electron chi connectivity index (χ1n) is 6.31. The highest BCUT2D eigenvalue weighted by molar-refractivity contribution is 6.31. The predicted molar refractivity (Wildman–Crippen MR) is 80.0 cm³/mol. The molecule has 0 saturated carbocycles. The van der Waals surface area contributed by atoms with Crippen LogP contribution in [0.15, 0.2) is 36.4 Å². The van der Waals surface area contributed by atoms with Crippen molar-refractivity contribution in [2.24, 2.45) is 0 Å². The molecule has 0 aromatic heterocycles. The van der Waals surface area contributed by atoms with Crippen LogP contribution in [0.4, 0.5) is 0 Å². The van der Waals surface area contributed by atoms with Crippen LogP contribution in [0.25, 0.3) is 0 Å². The fourth-order valence-electron chi connectivity index (χ4n) is 1.84. The number of para-hydroxylation sites is 1. The van der Waals surface area contributed by atoms with Gasteiger partial charge < -0.3 is 14.6 Å². The fraction of sp³-hybridized carbons (Fsp3) is 0.188. The number of halogens is 1. The third-order valence-corrected chi connectivity index (χ3v) is 3.35. The molecule has 0 aliphatic heterocycles. The highest BCUT2D eigenvalue weighted by atomic mass is 35.5. The minimum atomic E-state index is -0.619. The van der Waals surface area contributed by atoms with Gasteiger partial charge >= 0.3 is 5.97 Å². The Morgan fingerprint density at radius 1 is 1.29 bits per heavy atom. The summed E-state index contributed by atoms with van der Waals surface area (Å²) in [6, 6.07) is 10.3. The van der Waals surface area contributed by atoms with Gasteiger partial charge in [0.2, 0.25) is 0 Å².